The van der Waals surface area contributed by atoms with Crippen molar-refractivity contribution in [3.8, 4) is 0 Å². The number of carbonyl (C=O) groups excluding carboxylic acids is 2. The summed E-state index contributed by atoms with van der Waals surface area (Å²) < 4.78 is 2.12. The highest BCUT2D eigenvalue weighted by Crippen LogP contribution is 2.26. The maximum absolute atomic E-state index is 12.7. The van der Waals surface area contributed by atoms with Crippen LogP contribution in [0.15, 0.2) is 66.5 Å². The zero-order valence-corrected chi connectivity index (χ0v) is 13.8. The third kappa shape index (κ3) is 2.50. The van der Waals surface area contributed by atoms with Crippen LogP contribution in [0.2, 0.25) is 0 Å². The first-order chi connectivity index (χ1) is 12.2. The van der Waals surface area contributed by atoms with Crippen molar-refractivity contribution >= 4 is 34.6 Å². The molecule has 1 aliphatic rings. The van der Waals surface area contributed by atoms with E-state index in [1.165, 1.54) is 0 Å². The summed E-state index contributed by atoms with van der Waals surface area (Å²) >= 11 is 0. The molecule has 5 heteroatoms. The molecule has 2 heterocycles. The molecule has 1 fully saturated rings. The Hall–Kier alpha value is -3.34. The molecule has 5 nitrogen and oxygen atoms in total. The standard InChI is InChI=1S/C20H17N3O2/c1-2-22-13-14(16-10-6-7-11-18(16)22)12-17-19(24)23(20(25)21-17)15-8-4-3-5-9-15/h3-13H,2H2,1H3,(H,21,25)/b17-12-. The van der Waals surface area contributed by atoms with Gasteiger partial charge in [-0.15, -0.1) is 0 Å². The molecule has 3 aromatic rings. The molecule has 1 saturated heterocycles. The predicted octanol–water partition coefficient (Wildman–Crippen LogP) is 3.76. The fourth-order valence-corrected chi connectivity index (χ4v) is 3.15. The number of para-hydroxylation sites is 2. The van der Waals surface area contributed by atoms with Crippen LogP contribution < -0.4 is 10.2 Å². The van der Waals surface area contributed by atoms with Crippen LogP contribution >= 0.6 is 0 Å². The second kappa shape index (κ2) is 5.94. The van der Waals surface area contributed by atoms with Gasteiger partial charge in [0.15, 0.2) is 0 Å². The Balaban J connectivity index is 1.76. The van der Waals surface area contributed by atoms with Gasteiger partial charge in [-0.1, -0.05) is 36.4 Å². The second-order valence-electron chi connectivity index (χ2n) is 5.85. The molecule has 2 aromatic carbocycles. The molecule has 1 N–H and O–H groups in total. The number of anilines is 1. The molecule has 0 saturated carbocycles. The number of nitrogens with one attached hydrogen (secondary N) is 1. The van der Waals surface area contributed by atoms with Gasteiger partial charge in [0.2, 0.25) is 0 Å². The summed E-state index contributed by atoms with van der Waals surface area (Å²) in [6.07, 6.45) is 3.75. The smallest absolute Gasteiger partial charge is 0.333 e. The normalized spacial score (nSPS) is 16.0. The van der Waals surface area contributed by atoms with Gasteiger partial charge in [-0.3, -0.25) is 4.79 Å². The number of nitrogens with zero attached hydrogens (tertiary/aromatic N) is 2. The van der Waals surface area contributed by atoms with E-state index in [0.717, 1.165) is 27.9 Å². The summed E-state index contributed by atoms with van der Waals surface area (Å²) in [5.74, 6) is -0.343. The molecule has 0 radical (unpaired) electrons. The van der Waals surface area contributed by atoms with Gasteiger partial charge in [0.05, 0.1) is 5.69 Å². The topological polar surface area (TPSA) is 54.3 Å². The number of carbonyl (C=O) groups is 2. The molecule has 0 spiro atoms. The number of urea groups is 1. The minimum atomic E-state index is -0.429. The second-order valence-corrected chi connectivity index (χ2v) is 5.85. The Morgan fingerprint density at radius 2 is 1.72 bits per heavy atom. The van der Waals surface area contributed by atoms with Crippen molar-refractivity contribution in [1.82, 2.24) is 9.88 Å². The van der Waals surface area contributed by atoms with E-state index in [-0.39, 0.29) is 11.6 Å². The largest absolute Gasteiger partial charge is 0.347 e. The van der Waals surface area contributed by atoms with Crippen LogP contribution in [0.25, 0.3) is 17.0 Å². The lowest BCUT2D eigenvalue weighted by molar-refractivity contribution is -0.113. The van der Waals surface area contributed by atoms with Crippen LogP contribution in [0.3, 0.4) is 0 Å². The highest BCUT2D eigenvalue weighted by Gasteiger charge is 2.34. The van der Waals surface area contributed by atoms with E-state index in [1.807, 2.05) is 36.5 Å². The quantitative estimate of drug-likeness (QED) is 0.587. The number of aryl methyl sites for hydroxylation is 1. The summed E-state index contributed by atoms with van der Waals surface area (Å²) in [7, 11) is 0. The number of imide groups is 1. The summed E-state index contributed by atoms with van der Waals surface area (Å²) in [4.78, 5) is 26.1. The van der Waals surface area contributed by atoms with Crippen LogP contribution in [0, 0.1) is 0 Å². The lowest BCUT2D eigenvalue weighted by Crippen LogP contribution is -2.30. The Labute approximate surface area is 145 Å². The number of aromatic nitrogens is 1. The third-order valence-electron chi connectivity index (χ3n) is 4.35. The van der Waals surface area contributed by atoms with Gasteiger partial charge in [0, 0.05) is 29.2 Å². The van der Waals surface area contributed by atoms with Crippen LogP contribution in [-0.4, -0.2) is 16.5 Å². The Kier molecular flexibility index (Phi) is 3.61. The van der Waals surface area contributed by atoms with Gasteiger partial charge < -0.3 is 9.88 Å². The van der Waals surface area contributed by atoms with Gasteiger partial charge in [-0.25, -0.2) is 9.69 Å². The van der Waals surface area contributed by atoms with Crippen LogP contribution in [0.4, 0.5) is 10.5 Å². The Morgan fingerprint density at radius 1 is 1.00 bits per heavy atom. The van der Waals surface area contributed by atoms with Crippen molar-refractivity contribution in [2.45, 2.75) is 13.5 Å². The molecule has 3 amide bonds. The number of fused-ring (bicyclic) bond motifs is 1. The van der Waals surface area contributed by atoms with Crippen LogP contribution in [0.5, 0.6) is 0 Å². The van der Waals surface area contributed by atoms with Gasteiger partial charge in [0.1, 0.15) is 5.70 Å². The van der Waals surface area contributed by atoms with Gasteiger partial charge in [-0.2, -0.15) is 0 Å². The molecule has 0 unspecified atom stereocenters. The molecule has 1 aromatic heterocycles. The van der Waals surface area contributed by atoms with E-state index in [0.29, 0.717) is 5.69 Å². The Bertz CT molecular complexity index is 1000. The number of hydrogen-bond acceptors (Lipinski definition) is 2. The zero-order valence-electron chi connectivity index (χ0n) is 13.8. The number of rotatable bonds is 3. The molecule has 4 rings (SSSR count). The van der Waals surface area contributed by atoms with E-state index < -0.39 is 6.03 Å². The van der Waals surface area contributed by atoms with Crippen molar-refractivity contribution in [2.24, 2.45) is 0 Å². The average Bonchev–Trinajstić information content (AvgIpc) is 3.13. The highest BCUT2D eigenvalue weighted by atomic mass is 16.2. The first kappa shape index (κ1) is 15.2. The monoisotopic (exact) mass is 331 g/mol. The number of benzene rings is 2. The molecule has 0 bridgehead atoms. The fraction of sp³-hybridized carbons (Fsp3) is 0.100. The third-order valence-corrected chi connectivity index (χ3v) is 4.35. The molecular formula is C20H17N3O2. The lowest BCUT2D eigenvalue weighted by Gasteiger charge is -2.10. The average molecular weight is 331 g/mol. The Morgan fingerprint density at radius 3 is 2.48 bits per heavy atom. The summed E-state index contributed by atoms with van der Waals surface area (Å²) in [5.41, 5.74) is 2.86. The summed E-state index contributed by atoms with van der Waals surface area (Å²) in [6.45, 7) is 2.91. The van der Waals surface area contributed by atoms with Gasteiger partial charge >= 0.3 is 6.03 Å². The van der Waals surface area contributed by atoms with Crippen molar-refractivity contribution < 1.29 is 9.59 Å². The summed E-state index contributed by atoms with van der Waals surface area (Å²) in [5, 5.41) is 3.73. The minimum Gasteiger partial charge on any atom is -0.347 e. The first-order valence-corrected chi connectivity index (χ1v) is 8.19. The van der Waals surface area contributed by atoms with Crippen molar-refractivity contribution in [3.05, 3.63) is 72.1 Å². The highest BCUT2D eigenvalue weighted by molar-refractivity contribution is 6.28. The van der Waals surface area contributed by atoms with E-state index >= 15 is 0 Å². The van der Waals surface area contributed by atoms with Crippen molar-refractivity contribution in [2.75, 3.05) is 4.90 Å². The molecule has 0 atom stereocenters. The first-order valence-electron chi connectivity index (χ1n) is 8.19. The van der Waals surface area contributed by atoms with Gasteiger partial charge in [0.25, 0.3) is 5.91 Å². The van der Waals surface area contributed by atoms with E-state index in [2.05, 4.69) is 16.8 Å². The van der Waals surface area contributed by atoms with E-state index in [9.17, 15) is 9.59 Å². The van der Waals surface area contributed by atoms with E-state index in [4.69, 9.17) is 0 Å². The predicted molar refractivity (Wildman–Crippen MR) is 98.0 cm³/mol. The van der Waals surface area contributed by atoms with Crippen LogP contribution in [0.1, 0.15) is 12.5 Å². The van der Waals surface area contributed by atoms with Crippen LogP contribution in [-0.2, 0) is 11.3 Å². The molecule has 1 aliphatic heterocycles. The minimum absolute atomic E-state index is 0.285. The fourth-order valence-electron chi connectivity index (χ4n) is 3.15. The maximum Gasteiger partial charge on any atom is 0.333 e. The van der Waals surface area contributed by atoms with Crippen molar-refractivity contribution in [1.29, 1.82) is 0 Å². The zero-order chi connectivity index (χ0) is 17.4. The van der Waals surface area contributed by atoms with Gasteiger partial charge in [-0.05, 0) is 31.2 Å². The molecule has 25 heavy (non-hydrogen) atoms. The number of amides is 3. The van der Waals surface area contributed by atoms with Crippen molar-refractivity contribution in [3.63, 3.8) is 0 Å². The number of hydrogen-bond donors (Lipinski definition) is 1. The van der Waals surface area contributed by atoms with E-state index in [1.54, 1.807) is 30.3 Å². The molecular weight excluding hydrogens is 314 g/mol. The SMILES string of the molecule is CCn1cc(/C=C2\NC(=O)N(c3ccccc3)C2=O)c2ccccc21. The molecule has 0 aliphatic carbocycles. The lowest BCUT2D eigenvalue weighted by atomic mass is 10.1. The summed E-state index contributed by atoms with van der Waals surface area (Å²) in [6, 6.07) is 16.5. The molecule has 124 valence electrons. The maximum atomic E-state index is 12.7.